The number of ether oxygens (including phenoxy) is 1. The molecule has 6 nitrogen and oxygen atoms in total. The van der Waals surface area contributed by atoms with Crippen molar-refractivity contribution in [1.29, 1.82) is 0 Å². The summed E-state index contributed by atoms with van der Waals surface area (Å²) in [5.41, 5.74) is 0. The Hall–Kier alpha value is -1.14. The van der Waals surface area contributed by atoms with Crippen molar-refractivity contribution in [3.8, 4) is 0 Å². The zero-order valence-corrected chi connectivity index (χ0v) is 13.0. The highest BCUT2D eigenvalue weighted by molar-refractivity contribution is 5.79. The van der Waals surface area contributed by atoms with E-state index in [2.05, 4.69) is 10.2 Å². The van der Waals surface area contributed by atoms with Crippen LogP contribution in [0.15, 0.2) is 0 Å². The second-order valence-corrected chi connectivity index (χ2v) is 5.76. The van der Waals surface area contributed by atoms with E-state index in [9.17, 15) is 9.59 Å². The number of amides is 2. The molecule has 0 aromatic heterocycles. The summed E-state index contributed by atoms with van der Waals surface area (Å²) >= 11 is 0. The van der Waals surface area contributed by atoms with E-state index in [4.69, 9.17) is 4.74 Å². The average molecular weight is 297 g/mol. The van der Waals surface area contributed by atoms with Crippen LogP contribution in [0.25, 0.3) is 0 Å². The van der Waals surface area contributed by atoms with Crippen molar-refractivity contribution in [3.63, 3.8) is 0 Å². The van der Waals surface area contributed by atoms with Gasteiger partial charge in [-0.05, 0) is 12.8 Å². The minimum atomic E-state index is 0.100. The highest BCUT2D eigenvalue weighted by Crippen LogP contribution is 2.18. The molecule has 2 rings (SSSR count). The normalized spacial score (nSPS) is 21.3. The van der Waals surface area contributed by atoms with Crippen molar-refractivity contribution in [2.24, 2.45) is 5.92 Å². The van der Waals surface area contributed by atoms with Gasteiger partial charge in [0.1, 0.15) is 0 Å². The summed E-state index contributed by atoms with van der Waals surface area (Å²) in [4.78, 5) is 27.9. The molecule has 0 aliphatic carbocycles. The van der Waals surface area contributed by atoms with Crippen molar-refractivity contribution in [1.82, 2.24) is 15.1 Å². The van der Waals surface area contributed by atoms with Gasteiger partial charge in [0.25, 0.3) is 0 Å². The van der Waals surface area contributed by atoms with Gasteiger partial charge in [0.05, 0.1) is 0 Å². The van der Waals surface area contributed by atoms with E-state index in [0.717, 1.165) is 45.6 Å². The Morgan fingerprint density at radius 3 is 2.43 bits per heavy atom. The first-order chi connectivity index (χ1) is 10.2. The van der Waals surface area contributed by atoms with E-state index in [-0.39, 0.29) is 11.8 Å². The maximum absolute atomic E-state index is 12.4. The average Bonchev–Trinajstić information content (AvgIpc) is 2.55. The summed E-state index contributed by atoms with van der Waals surface area (Å²) in [5.74, 6) is 0.565. The third kappa shape index (κ3) is 4.97. The molecule has 0 unspecified atom stereocenters. The van der Waals surface area contributed by atoms with Crippen molar-refractivity contribution >= 4 is 11.8 Å². The highest BCUT2D eigenvalue weighted by Gasteiger charge is 2.28. The topological polar surface area (TPSA) is 61.9 Å². The number of nitrogens with zero attached hydrogens (tertiary/aromatic N) is 2. The first-order valence-corrected chi connectivity index (χ1v) is 8.06. The quantitative estimate of drug-likeness (QED) is 0.781. The molecule has 2 heterocycles. The number of carbonyl (C=O) groups excluding carboxylic acids is 2. The molecule has 2 saturated heterocycles. The predicted octanol–water partition coefficient (Wildman–Crippen LogP) is 0.0834. The van der Waals surface area contributed by atoms with Gasteiger partial charge in [-0.1, -0.05) is 6.92 Å². The molecule has 2 aliphatic heterocycles. The largest absolute Gasteiger partial charge is 0.381 e. The summed E-state index contributed by atoms with van der Waals surface area (Å²) < 4.78 is 5.31. The van der Waals surface area contributed by atoms with Crippen molar-refractivity contribution in [3.05, 3.63) is 0 Å². The number of hydrogen-bond acceptors (Lipinski definition) is 4. The number of rotatable bonds is 5. The van der Waals surface area contributed by atoms with E-state index >= 15 is 0 Å². The van der Waals surface area contributed by atoms with Gasteiger partial charge in [0.2, 0.25) is 11.8 Å². The number of nitrogens with one attached hydrogen (secondary N) is 1. The van der Waals surface area contributed by atoms with E-state index in [1.54, 1.807) is 0 Å². The molecule has 0 radical (unpaired) electrons. The Balaban J connectivity index is 1.65. The molecule has 120 valence electrons. The summed E-state index contributed by atoms with van der Waals surface area (Å²) in [7, 11) is 0. The standard InChI is InChI=1S/C15H27N3O3/c1-2-14(19)16-5-6-17-7-9-18(10-8-17)15(20)13-3-11-21-12-4-13/h13H,2-12H2,1H3,(H,16,19). The molecule has 2 fully saturated rings. The van der Waals surface area contributed by atoms with Crippen LogP contribution in [0.4, 0.5) is 0 Å². The van der Waals surface area contributed by atoms with Crippen LogP contribution < -0.4 is 5.32 Å². The molecule has 0 spiro atoms. The lowest BCUT2D eigenvalue weighted by atomic mass is 9.98. The highest BCUT2D eigenvalue weighted by atomic mass is 16.5. The van der Waals surface area contributed by atoms with Crippen LogP contribution in [-0.2, 0) is 14.3 Å². The number of piperazine rings is 1. The smallest absolute Gasteiger partial charge is 0.225 e. The molecule has 0 aromatic carbocycles. The van der Waals surface area contributed by atoms with Gasteiger partial charge in [-0.2, -0.15) is 0 Å². The minimum absolute atomic E-state index is 0.100. The monoisotopic (exact) mass is 297 g/mol. The molecule has 6 heteroatoms. The van der Waals surface area contributed by atoms with E-state index < -0.39 is 0 Å². The van der Waals surface area contributed by atoms with Crippen molar-refractivity contribution < 1.29 is 14.3 Å². The zero-order valence-electron chi connectivity index (χ0n) is 13.0. The Morgan fingerprint density at radius 1 is 1.14 bits per heavy atom. The second kappa shape index (κ2) is 8.34. The molecule has 0 aromatic rings. The Bertz CT molecular complexity index is 348. The zero-order chi connectivity index (χ0) is 15.1. The maximum atomic E-state index is 12.4. The first-order valence-electron chi connectivity index (χ1n) is 8.06. The molecule has 21 heavy (non-hydrogen) atoms. The van der Waals surface area contributed by atoms with Gasteiger partial charge in [-0.3, -0.25) is 14.5 Å². The van der Waals surface area contributed by atoms with Gasteiger partial charge < -0.3 is 15.0 Å². The molecule has 0 atom stereocenters. The van der Waals surface area contributed by atoms with E-state index in [0.29, 0.717) is 32.1 Å². The third-order valence-electron chi connectivity index (χ3n) is 4.33. The van der Waals surface area contributed by atoms with Crippen LogP contribution in [0, 0.1) is 5.92 Å². The number of carbonyl (C=O) groups is 2. The fourth-order valence-electron chi connectivity index (χ4n) is 2.87. The van der Waals surface area contributed by atoms with Crippen LogP contribution in [0.1, 0.15) is 26.2 Å². The summed E-state index contributed by atoms with van der Waals surface area (Å²) in [6.07, 6.45) is 2.26. The fraction of sp³-hybridized carbons (Fsp3) is 0.867. The molecule has 0 saturated carbocycles. The predicted molar refractivity (Wildman–Crippen MR) is 79.9 cm³/mol. The van der Waals surface area contributed by atoms with Crippen molar-refractivity contribution in [2.45, 2.75) is 26.2 Å². The van der Waals surface area contributed by atoms with Gasteiger partial charge in [0.15, 0.2) is 0 Å². The molecule has 2 amide bonds. The molecule has 0 bridgehead atoms. The molecule has 2 aliphatic rings. The van der Waals surface area contributed by atoms with Crippen LogP contribution in [0.2, 0.25) is 0 Å². The molecule has 1 N–H and O–H groups in total. The molecular formula is C15H27N3O3. The van der Waals surface area contributed by atoms with Crippen LogP contribution in [0.5, 0.6) is 0 Å². The maximum Gasteiger partial charge on any atom is 0.225 e. The minimum Gasteiger partial charge on any atom is -0.381 e. The fourth-order valence-corrected chi connectivity index (χ4v) is 2.87. The summed E-state index contributed by atoms with van der Waals surface area (Å²) in [5, 5.41) is 2.89. The summed E-state index contributed by atoms with van der Waals surface area (Å²) in [6, 6.07) is 0. The Kier molecular flexibility index (Phi) is 6.45. The van der Waals surface area contributed by atoms with Crippen LogP contribution >= 0.6 is 0 Å². The van der Waals surface area contributed by atoms with E-state index in [1.165, 1.54) is 0 Å². The lowest BCUT2D eigenvalue weighted by Crippen LogP contribution is -2.52. The Labute approximate surface area is 126 Å². The van der Waals surface area contributed by atoms with Gasteiger partial charge >= 0.3 is 0 Å². The molecular weight excluding hydrogens is 270 g/mol. The van der Waals surface area contributed by atoms with Gasteiger partial charge in [-0.25, -0.2) is 0 Å². The lowest BCUT2D eigenvalue weighted by molar-refractivity contribution is -0.140. The van der Waals surface area contributed by atoms with Crippen molar-refractivity contribution in [2.75, 3.05) is 52.5 Å². The SMILES string of the molecule is CCC(=O)NCCN1CCN(C(=O)C2CCOCC2)CC1. The van der Waals surface area contributed by atoms with Crippen LogP contribution in [0.3, 0.4) is 0 Å². The van der Waals surface area contributed by atoms with Crippen LogP contribution in [-0.4, -0.2) is 74.1 Å². The van der Waals surface area contributed by atoms with E-state index in [1.807, 2.05) is 11.8 Å². The van der Waals surface area contributed by atoms with Gasteiger partial charge in [-0.15, -0.1) is 0 Å². The second-order valence-electron chi connectivity index (χ2n) is 5.76. The van der Waals surface area contributed by atoms with Gasteiger partial charge in [0, 0.05) is 64.8 Å². The number of hydrogen-bond donors (Lipinski definition) is 1. The summed E-state index contributed by atoms with van der Waals surface area (Å²) in [6.45, 7) is 8.26. The lowest BCUT2D eigenvalue weighted by Gasteiger charge is -2.37. The first kappa shape index (κ1) is 16.2. The Morgan fingerprint density at radius 2 is 1.81 bits per heavy atom. The third-order valence-corrected chi connectivity index (χ3v) is 4.33.